The number of para-hydroxylation sites is 1. The van der Waals surface area contributed by atoms with Crippen LogP contribution in [0.5, 0.6) is 5.75 Å². The van der Waals surface area contributed by atoms with Crippen molar-refractivity contribution in [2.75, 3.05) is 17.7 Å². The first-order valence-corrected chi connectivity index (χ1v) is 8.66. The molecular formula is C20H19ClN4O2. The molecule has 0 saturated heterocycles. The highest BCUT2D eigenvalue weighted by Gasteiger charge is 2.12. The fraction of sp³-hybridized carbons (Fsp3) is 0.150. The maximum absolute atomic E-state index is 12.5. The van der Waals surface area contributed by atoms with Gasteiger partial charge in [0.05, 0.1) is 12.8 Å². The van der Waals surface area contributed by atoms with E-state index in [4.69, 9.17) is 16.3 Å². The van der Waals surface area contributed by atoms with Gasteiger partial charge in [-0.15, -0.1) is 0 Å². The maximum atomic E-state index is 12.5. The number of hydrogen-bond acceptors (Lipinski definition) is 5. The summed E-state index contributed by atoms with van der Waals surface area (Å²) in [5.41, 5.74) is 3.56. The van der Waals surface area contributed by atoms with Crippen LogP contribution in [0, 0.1) is 13.8 Å². The largest absolute Gasteiger partial charge is 0.495 e. The average Bonchev–Trinajstić information content (AvgIpc) is 2.66. The second-order valence-corrected chi connectivity index (χ2v) is 6.39. The molecule has 27 heavy (non-hydrogen) atoms. The Kier molecular flexibility index (Phi) is 5.57. The minimum Gasteiger partial charge on any atom is -0.495 e. The monoisotopic (exact) mass is 382 g/mol. The molecule has 0 atom stereocenters. The summed E-state index contributed by atoms with van der Waals surface area (Å²) in [6.07, 6.45) is 1.34. The fourth-order valence-electron chi connectivity index (χ4n) is 2.52. The molecule has 1 aromatic heterocycles. The molecule has 0 aliphatic rings. The van der Waals surface area contributed by atoms with E-state index in [1.54, 1.807) is 19.2 Å². The van der Waals surface area contributed by atoms with Gasteiger partial charge < -0.3 is 15.4 Å². The van der Waals surface area contributed by atoms with E-state index in [1.165, 1.54) is 6.33 Å². The van der Waals surface area contributed by atoms with Crippen LogP contribution >= 0.6 is 11.6 Å². The Labute approximate surface area is 162 Å². The van der Waals surface area contributed by atoms with Gasteiger partial charge in [-0.2, -0.15) is 0 Å². The Morgan fingerprint density at radius 2 is 1.81 bits per heavy atom. The topological polar surface area (TPSA) is 76.1 Å². The normalized spacial score (nSPS) is 10.4. The first kappa shape index (κ1) is 18.7. The average molecular weight is 383 g/mol. The summed E-state index contributed by atoms with van der Waals surface area (Å²) in [4.78, 5) is 20.8. The number of carbonyl (C=O) groups is 1. The number of aryl methyl sites for hydroxylation is 2. The first-order chi connectivity index (χ1) is 13.0. The Hall–Kier alpha value is -3.12. The van der Waals surface area contributed by atoms with Crippen molar-refractivity contribution in [1.29, 1.82) is 0 Å². The summed E-state index contributed by atoms with van der Waals surface area (Å²) in [6, 6.07) is 12.7. The van der Waals surface area contributed by atoms with Crippen molar-refractivity contribution in [3.05, 3.63) is 70.6 Å². The summed E-state index contributed by atoms with van der Waals surface area (Å²) < 4.78 is 5.35. The molecule has 3 rings (SSSR count). The molecule has 2 N–H and O–H groups in total. The van der Waals surface area contributed by atoms with Gasteiger partial charge in [-0.05, 0) is 37.1 Å². The van der Waals surface area contributed by atoms with E-state index in [0.717, 1.165) is 16.8 Å². The third-order valence-corrected chi connectivity index (χ3v) is 4.44. The van der Waals surface area contributed by atoms with Gasteiger partial charge in [-0.3, -0.25) is 4.79 Å². The molecule has 0 saturated carbocycles. The van der Waals surface area contributed by atoms with Gasteiger partial charge in [0, 0.05) is 22.8 Å². The predicted octanol–water partition coefficient (Wildman–Crippen LogP) is 4.75. The van der Waals surface area contributed by atoms with Crippen molar-refractivity contribution < 1.29 is 9.53 Å². The van der Waals surface area contributed by atoms with Crippen LogP contribution in [0.15, 0.2) is 48.8 Å². The Morgan fingerprint density at radius 1 is 1.04 bits per heavy atom. The van der Waals surface area contributed by atoms with Crippen molar-refractivity contribution >= 4 is 34.7 Å². The van der Waals surface area contributed by atoms with Gasteiger partial charge in [-0.1, -0.05) is 29.8 Å². The highest BCUT2D eigenvalue weighted by atomic mass is 35.5. The predicted molar refractivity (Wildman–Crippen MR) is 107 cm³/mol. The van der Waals surface area contributed by atoms with Crippen LogP contribution in [0.3, 0.4) is 0 Å². The fourth-order valence-corrected chi connectivity index (χ4v) is 2.67. The minimum atomic E-state index is -0.311. The number of amides is 1. The van der Waals surface area contributed by atoms with Crippen LogP contribution in [0.4, 0.5) is 17.2 Å². The molecule has 0 aliphatic heterocycles. The van der Waals surface area contributed by atoms with Crippen molar-refractivity contribution in [2.24, 2.45) is 0 Å². The summed E-state index contributed by atoms with van der Waals surface area (Å²) in [5, 5.41) is 6.61. The summed E-state index contributed by atoms with van der Waals surface area (Å²) in [5.74, 6) is 0.740. The zero-order chi connectivity index (χ0) is 19.4. The third kappa shape index (κ3) is 4.35. The van der Waals surface area contributed by atoms with Gasteiger partial charge in [0.1, 0.15) is 23.6 Å². The van der Waals surface area contributed by atoms with Gasteiger partial charge in [-0.25, -0.2) is 9.97 Å². The Bertz CT molecular complexity index is 991. The smallest absolute Gasteiger partial charge is 0.274 e. The van der Waals surface area contributed by atoms with Crippen LogP contribution < -0.4 is 15.4 Å². The molecule has 6 nitrogen and oxygen atoms in total. The molecule has 3 aromatic rings. The molecule has 0 fully saturated rings. The summed E-state index contributed by atoms with van der Waals surface area (Å²) in [7, 11) is 1.56. The van der Waals surface area contributed by atoms with E-state index < -0.39 is 0 Å². The van der Waals surface area contributed by atoms with Crippen molar-refractivity contribution in [3.63, 3.8) is 0 Å². The van der Waals surface area contributed by atoms with E-state index in [1.807, 2.05) is 44.2 Å². The van der Waals surface area contributed by atoms with Crippen LogP contribution in [0.1, 0.15) is 21.6 Å². The number of benzene rings is 2. The minimum absolute atomic E-state index is 0.250. The molecule has 0 aliphatic carbocycles. The number of aromatic nitrogens is 2. The lowest BCUT2D eigenvalue weighted by Crippen LogP contribution is -2.15. The number of nitrogens with one attached hydrogen (secondary N) is 2. The van der Waals surface area contributed by atoms with E-state index >= 15 is 0 Å². The highest BCUT2D eigenvalue weighted by Crippen LogP contribution is 2.32. The van der Waals surface area contributed by atoms with Crippen molar-refractivity contribution in [1.82, 2.24) is 9.97 Å². The van der Waals surface area contributed by atoms with Crippen molar-refractivity contribution in [2.45, 2.75) is 13.8 Å². The van der Waals surface area contributed by atoms with E-state index in [0.29, 0.717) is 22.3 Å². The van der Waals surface area contributed by atoms with Crippen LogP contribution in [-0.4, -0.2) is 23.0 Å². The molecular weight excluding hydrogens is 364 g/mol. The number of methoxy groups -OCH3 is 1. The van der Waals surface area contributed by atoms with E-state index in [2.05, 4.69) is 20.6 Å². The van der Waals surface area contributed by atoms with Gasteiger partial charge >= 0.3 is 0 Å². The molecule has 1 heterocycles. The quantitative estimate of drug-likeness (QED) is 0.665. The lowest BCUT2D eigenvalue weighted by molar-refractivity contribution is 0.102. The first-order valence-electron chi connectivity index (χ1n) is 8.28. The summed E-state index contributed by atoms with van der Waals surface area (Å²) in [6.45, 7) is 3.83. The van der Waals surface area contributed by atoms with Crippen LogP contribution in [0.25, 0.3) is 0 Å². The lowest BCUT2D eigenvalue weighted by Gasteiger charge is -2.13. The van der Waals surface area contributed by atoms with E-state index in [-0.39, 0.29) is 11.6 Å². The van der Waals surface area contributed by atoms with Gasteiger partial charge in [0.25, 0.3) is 5.91 Å². The molecule has 138 valence electrons. The highest BCUT2D eigenvalue weighted by molar-refractivity contribution is 6.31. The Morgan fingerprint density at radius 3 is 2.56 bits per heavy atom. The zero-order valence-electron chi connectivity index (χ0n) is 15.2. The number of nitrogens with zero attached hydrogens (tertiary/aromatic N) is 2. The number of anilines is 3. The molecule has 0 bridgehead atoms. The van der Waals surface area contributed by atoms with Crippen LogP contribution in [-0.2, 0) is 0 Å². The van der Waals surface area contributed by atoms with Crippen LogP contribution in [0.2, 0.25) is 5.02 Å². The SMILES string of the molecule is COc1cc(Cl)c(C)cc1Nc1cc(C(=O)Nc2ccccc2C)ncn1. The second-order valence-electron chi connectivity index (χ2n) is 5.98. The molecule has 0 unspecified atom stereocenters. The summed E-state index contributed by atoms with van der Waals surface area (Å²) >= 11 is 6.14. The van der Waals surface area contributed by atoms with Gasteiger partial charge in [0.15, 0.2) is 0 Å². The lowest BCUT2D eigenvalue weighted by atomic mass is 10.2. The molecule has 0 radical (unpaired) electrons. The molecule has 7 heteroatoms. The standard InChI is InChI=1S/C20H19ClN4O2/c1-12-6-4-5-7-15(12)25-20(26)17-10-19(23-11-22-17)24-16-8-13(2)14(21)9-18(16)27-3/h4-11H,1-3H3,(H,25,26)(H,22,23,24). The molecule has 2 aromatic carbocycles. The number of carbonyl (C=O) groups excluding carboxylic acids is 1. The molecule has 0 spiro atoms. The number of halogens is 1. The molecule has 1 amide bonds. The number of hydrogen-bond donors (Lipinski definition) is 2. The zero-order valence-corrected chi connectivity index (χ0v) is 16.0. The van der Waals surface area contributed by atoms with Gasteiger partial charge in [0.2, 0.25) is 0 Å². The third-order valence-electron chi connectivity index (χ3n) is 4.04. The van der Waals surface area contributed by atoms with Crippen molar-refractivity contribution in [3.8, 4) is 5.75 Å². The number of ether oxygens (including phenoxy) is 1. The second kappa shape index (κ2) is 8.05. The number of rotatable bonds is 5. The van der Waals surface area contributed by atoms with E-state index in [9.17, 15) is 4.79 Å². The maximum Gasteiger partial charge on any atom is 0.274 e. The Balaban J connectivity index is 1.83.